The zero-order chi connectivity index (χ0) is 21.4. The Balaban J connectivity index is 2.74. The summed E-state index contributed by atoms with van der Waals surface area (Å²) in [4.78, 5) is 0. The van der Waals surface area contributed by atoms with E-state index in [-0.39, 0.29) is 5.69 Å². The van der Waals surface area contributed by atoms with E-state index in [1.165, 1.54) is 0 Å². The molecule has 0 heterocycles. The van der Waals surface area contributed by atoms with E-state index in [1.54, 1.807) is 39.5 Å². The molecule has 0 amide bonds. The van der Waals surface area contributed by atoms with Gasteiger partial charge in [0.05, 0.1) is 38.1 Å². The number of hydrogen-bond acceptors (Lipinski definition) is 6. The van der Waals surface area contributed by atoms with Gasteiger partial charge >= 0.3 is 0 Å². The second kappa shape index (κ2) is 10.2. The topological polar surface area (TPSA) is 101 Å². The lowest BCUT2D eigenvalue weighted by Gasteiger charge is -2.18. The minimum absolute atomic E-state index is 0.191. The first-order chi connectivity index (χ1) is 14.1. The fraction of sp³-hybridized carbons (Fsp3) is 0.391. The van der Waals surface area contributed by atoms with E-state index in [0.29, 0.717) is 33.9 Å². The van der Waals surface area contributed by atoms with Gasteiger partial charge in [0, 0.05) is 5.56 Å². The van der Waals surface area contributed by atoms with Crippen LogP contribution in [0.15, 0.2) is 18.2 Å². The summed E-state index contributed by atoms with van der Waals surface area (Å²) in [7, 11) is 4.63. The van der Waals surface area contributed by atoms with Crippen LogP contribution in [0.2, 0.25) is 0 Å². The monoisotopic (exact) mass is 393 g/mol. The number of nitrogens with two attached hydrogens (primary N) is 1. The zero-order valence-corrected chi connectivity index (χ0v) is 17.5. The van der Waals surface area contributed by atoms with Gasteiger partial charge in [0.15, 0.2) is 11.5 Å². The van der Waals surface area contributed by atoms with Gasteiger partial charge in [-0.1, -0.05) is 26.2 Å². The molecule has 0 saturated carbocycles. The highest BCUT2D eigenvalue weighted by Gasteiger charge is 2.21. The van der Waals surface area contributed by atoms with Crippen LogP contribution in [0.5, 0.6) is 17.2 Å². The number of methoxy groups -OCH3 is 3. The number of anilines is 1. The molecule has 2 aromatic carbocycles. The smallest absolute Gasteiger partial charge is 0.203 e. The first kappa shape index (κ1) is 21.9. The first-order valence-corrected chi connectivity index (χ1v) is 9.62. The summed E-state index contributed by atoms with van der Waals surface area (Å²) in [5.74, 6) is 1.46. The van der Waals surface area contributed by atoms with Crippen LogP contribution in [-0.2, 0) is 6.42 Å². The van der Waals surface area contributed by atoms with Gasteiger partial charge in [-0.25, -0.2) is 0 Å². The third-order valence-corrected chi connectivity index (χ3v) is 4.93. The fourth-order valence-corrected chi connectivity index (χ4v) is 3.46. The molecule has 6 heteroatoms. The summed E-state index contributed by atoms with van der Waals surface area (Å²) in [5.41, 5.74) is 9.32. The second-order valence-electron chi connectivity index (χ2n) is 6.70. The normalized spacial score (nSPS) is 10.1. The van der Waals surface area contributed by atoms with Crippen molar-refractivity contribution in [1.82, 2.24) is 0 Å². The van der Waals surface area contributed by atoms with Crippen LogP contribution in [0, 0.1) is 22.7 Å². The van der Waals surface area contributed by atoms with Crippen LogP contribution in [0.4, 0.5) is 5.69 Å². The Kier molecular flexibility index (Phi) is 7.74. The van der Waals surface area contributed by atoms with E-state index in [2.05, 4.69) is 19.1 Å². The average molecular weight is 393 g/mol. The zero-order valence-electron chi connectivity index (χ0n) is 17.5. The van der Waals surface area contributed by atoms with Gasteiger partial charge in [-0.15, -0.1) is 0 Å². The maximum Gasteiger partial charge on any atom is 0.203 e. The quantitative estimate of drug-likeness (QED) is 0.484. The Bertz CT molecular complexity index is 930. The number of hydrogen-bond donors (Lipinski definition) is 1. The second-order valence-corrected chi connectivity index (χ2v) is 6.70. The Hall–Kier alpha value is -3.38. The van der Waals surface area contributed by atoms with Crippen molar-refractivity contribution >= 4 is 5.69 Å². The van der Waals surface area contributed by atoms with Crippen molar-refractivity contribution in [3.05, 3.63) is 34.9 Å². The van der Waals surface area contributed by atoms with Crippen molar-refractivity contribution in [1.29, 1.82) is 10.5 Å². The number of nitriles is 2. The molecule has 0 saturated heterocycles. The van der Waals surface area contributed by atoms with E-state index in [4.69, 9.17) is 19.9 Å². The lowest BCUT2D eigenvalue weighted by Crippen LogP contribution is -2.04. The largest absolute Gasteiger partial charge is 0.493 e. The Morgan fingerprint density at radius 1 is 0.897 bits per heavy atom. The lowest BCUT2D eigenvalue weighted by atomic mass is 9.88. The number of unbranched alkanes of at least 4 members (excludes halogenated alkanes) is 3. The molecule has 2 N–H and O–H groups in total. The third-order valence-electron chi connectivity index (χ3n) is 4.93. The van der Waals surface area contributed by atoms with Crippen molar-refractivity contribution in [2.24, 2.45) is 0 Å². The molecule has 2 aromatic rings. The lowest BCUT2D eigenvalue weighted by molar-refractivity contribution is 0.324. The maximum absolute atomic E-state index is 9.84. The Morgan fingerprint density at radius 2 is 1.55 bits per heavy atom. The molecule has 0 bridgehead atoms. The summed E-state index contributed by atoms with van der Waals surface area (Å²) in [6.45, 7) is 2.16. The molecule has 29 heavy (non-hydrogen) atoms. The van der Waals surface area contributed by atoms with E-state index in [0.717, 1.165) is 43.2 Å². The number of nitrogens with zero attached hydrogens (tertiary/aromatic N) is 2. The molecule has 0 aliphatic carbocycles. The van der Waals surface area contributed by atoms with E-state index >= 15 is 0 Å². The van der Waals surface area contributed by atoms with Gasteiger partial charge in [0.25, 0.3) is 0 Å². The molecule has 152 valence electrons. The predicted molar refractivity (Wildman–Crippen MR) is 113 cm³/mol. The number of aryl methyl sites for hydroxylation is 1. The summed E-state index contributed by atoms with van der Waals surface area (Å²) in [5, 5.41) is 19.3. The van der Waals surface area contributed by atoms with Crippen LogP contribution >= 0.6 is 0 Å². The molecule has 0 fully saturated rings. The average Bonchev–Trinajstić information content (AvgIpc) is 2.75. The van der Waals surface area contributed by atoms with Gasteiger partial charge in [-0.3, -0.25) is 0 Å². The van der Waals surface area contributed by atoms with Gasteiger partial charge in [-0.05, 0) is 42.2 Å². The highest BCUT2D eigenvalue weighted by Crippen LogP contribution is 2.44. The van der Waals surface area contributed by atoms with E-state index in [9.17, 15) is 10.5 Å². The molecular formula is C23H27N3O3. The minimum Gasteiger partial charge on any atom is -0.493 e. The van der Waals surface area contributed by atoms with E-state index in [1.807, 2.05) is 0 Å². The molecule has 0 aliphatic rings. The van der Waals surface area contributed by atoms with Gasteiger partial charge in [-0.2, -0.15) is 10.5 Å². The summed E-state index contributed by atoms with van der Waals surface area (Å²) in [6, 6.07) is 9.70. The van der Waals surface area contributed by atoms with Gasteiger partial charge < -0.3 is 19.9 Å². The SMILES string of the molecule is CCCCCCc1cc(C#N)c(N)c(C#N)c1-c1cc(OC)c(OC)c(OC)c1. The standard InChI is InChI=1S/C23H27N3O3/c1-5-6-7-8-9-15-10-17(13-24)22(26)18(14-25)21(15)16-11-19(27-2)23(29-4)20(12-16)28-3/h10-12H,5-9,26H2,1-4H3. The van der Waals surface area contributed by atoms with E-state index < -0.39 is 0 Å². The van der Waals surface area contributed by atoms with Crippen LogP contribution in [-0.4, -0.2) is 21.3 Å². The summed E-state index contributed by atoms with van der Waals surface area (Å²) in [6.07, 6.45) is 5.07. The Labute approximate surface area is 172 Å². The van der Waals surface area contributed by atoms with Gasteiger partial charge in [0.1, 0.15) is 12.1 Å². The molecule has 0 radical (unpaired) electrons. The molecule has 0 aromatic heterocycles. The molecule has 0 aliphatic heterocycles. The molecule has 2 rings (SSSR count). The van der Waals surface area contributed by atoms with Crippen LogP contribution in [0.3, 0.4) is 0 Å². The van der Waals surface area contributed by atoms with Crippen LogP contribution < -0.4 is 19.9 Å². The summed E-state index contributed by atoms with van der Waals surface area (Å²) < 4.78 is 16.3. The Morgan fingerprint density at radius 3 is 2.03 bits per heavy atom. The molecular weight excluding hydrogens is 366 g/mol. The van der Waals surface area contributed by atoms with Crippen molar-refractivity contribution in [3.8, 4) is 40.5 Å². The highest BCUT2D eigenvalue weighted by atomic mass is 16.5. The minimum atomic E-state index is 0.191. The van der Waals surface area contributed by atoms with Crippen LogP contribution in [0.25, 0.3) is 11.1 Å². The highest BCUT2D eigenvalue weighted by molar-refractivity contribution is 5.84. The van der Waals surface area contributed by atoms with Crippen LogP contribution in [0.1, 0.15) is 49.3 Å². The number of ether oxygens (including phenoxy) is 3. The van der Waals surface area contributed by atoms with Crippen molar-refractivity contribution in [3.63, 3.8) is 0 Å². The molecule has 6 nitrogen and oxygen atoms in total. The molecule has 0 spiro atoms. The molecule has 0 unspecified atom stereocenters. The third kappa shape index (κ3) is 4.55. The molecule has 0 atom stereocenters. The number of rotatable bonds is 9. The maximum atomic E-state index is 9.84. The summed E-state index contributed by atoms with van der Waals surface area (Å²) >= 11 is 0. The fourth-order valence-electron chi connectivity index (χ4n) is 3.46. The first-order valence-electron chi connectivity index (χ1n) is 9.62. The van der Waals surface area contributed by atoms with Crippen molar-refractivity contribution in [2.45, 2.75) is 39.0 Å². The van der Waals surface area contributed by atoms with Gasteiger partial charge in [0.2, 0.25) is 5.75 Å². The van der Waals surface area contributed by atoms with Crippen molar-refractivity contribution in [2.75, 3.05) is 27.1 Å². The van der Waals surface area contributed by atoms with Crippen molar-refractivity contribution < 1.29 is 14.2 Å². The number of benzene rings is 2. The number of nitrogen functional groups attached to an aromatic ring is 1. The predicted octanol–water partition coefficient (Wildman–Crippen LogP) is 4.83.